The molecule has 2 rings (SSSR count). The molecule has 5 nitrogen and oxygen atoms in total. The summed E-state index contributed by atoms with van der Waals surface area (Å²) in [5, 5.41) is 0. The highest BCUT2D eigenvalue weighted by Gasteiger charge is 2.16. The number of H-pyrrole nitrogens is 1. The molecule has 0 spiro atoms. The predicted molar refractivity (Wildman–Crippen MR) is 44.4 cm³/mol. The molecule has 5 heteroatoms. The molecule has 0 saturated carbocycles. The van der Waals surface area contributed by atoms with E-state index in [1.165, 1.54) is 6.20 Å². The van der Waals surface area contributed by atoms with E-state index in [1.807, 2.05) is 0 Å². The Morgan fingerprint density at radius 3 is 3.15 bits per heavy atom. The van der Waals surface area contributed by atoms with Gasteiger partial charge >= 0.3 is 5.69 Å². The van der Waals surface area contributed by atoms with Crippen molar-refractivity contribution in [3.63, 3.8) is 0 Å². The highest BCUT2D eigenvalue weighted by molar-refractivity contribution is 5.02. The number of hydrogen-bond acceptors (Lipinski definition) is 4. The first-order valence-electron chi connectivity index (χ1n) is 4.11. The van der Waals surface area contributed by atoms with Crippen molar-refractivity contribution in [1.29, 1.82) is 0 Å². The summed E-state index contributed by atoms with van der Waals surface area (Å²) in [5.74, 6) is 0. The van der Waals surface area contributed by atoms with Gasteiger partial charge in [-0.25, -0.2) is 9.78 Å². The van der Waals surface area contributed by atoms with Crippen LogP contribution in [0.25, 0.3) is 0 Å². The number of nitrogens with one attached hydrogen (secondary N) is 1. The second kappa shape index (κ2) is 3.68. The van der Waals surface area contributed by atoms with Gasteiger partial charge in [-0.05, 0) is 6.07 Å². The van der Waals surface area contributed by atoms with Crippen LogP contribution in [-0.4, -0.2) is 29.8 Å². The summed E-state index contributed by atoms with van der Waals surface area (Å²) in [7, 11) is 0. The topological polar surface area (TPSA) is 64.2 Å². The predicted octanol–water partition coefficient (Wildman–Crippen LogP) is -0.142. The summed E-state index contributed by atoms with van der Waals surface area (Å²) in [6.45, 7) is 1.67. The minimum absolute atomic E-state index is 0.163. The van der Waals surface area contributed by atoms with Gasteiger partial charge in [0.05, 0.1) is 25.5 Å². The molecular formula is C8H10N2O3. The molecule has 1 unspecified atom stereocenters. The van der Waals surface area contributed by atoms with E-state index in [1.54, 1.807) is 6.07 Å². The van der Waals surface area contributed by atoms with Crippen LogP contribution in [0.3, 0.4) is 0 Å². The zero-order valence-electron chi connectivity index (χ0n) is 7.03. The second-order valence-electron chi connectivity index (χ2n) is 2.76. The molecule has 1 aromatic rings. The molecule has 1 aromatic heterocycles. The van der Waals surface area contributed by atoms with Crippen molar-refractivity contribution < 1.29 is 9.47 Å². The number of aromatic nitrogens is 2. The first-order valence-corrected chi connectivity index (χ1v) is 4.11. The highest BCUT2D eigenvalue weighted by atomic mass is 16.6. The van der Waals surface area contributed by atoms with Gasteiger partial charge in [0.1, 0.15) is 6.10 Å². The molecule has 0 bridgehead atoms. The molecule has 1 atom stereocenters. The lowest BCUT2D eigenvalue weighted by Crippen LogP contribution is -2.25. The minimum Gasteiger partial charge on any atom is -0.376 e. The van der Waals surface area contributed by atoms with Crippen molar-refractivity contribution in [3.8, 4) is 0 Å². The monoisotopic (exact) mass is 182 g/mol. The van der Waals surface area contributed by atoms with E-state index < -0.39 is 0 Å². The van der Waals surface area contributed by atoms with Gasteiger partial charge in [-0.1, -0.05) is 0 Å². The van der Waals surface area contributed by atoms with Crippen LogP contribution in [-0.2, 0) is 9.47 Å². The van der Waals surface area contributed by atoms with Crippen LogP contribution in [0.4, 0.5) is 0 Å². The Hall–Kier alpha value is -1.20. The molecule has 13 heavy (non-hydrogen) atoms. The van der Waals surface area contributed by atoms with Gasteiger partial charge in [-0.2, -0.15) is 0 Å². The van der Waals surface area contributed by atoms with Crippen molar-refractivity contribution in [1.82, 2.24) is 9.97 Å². The minimum atomic E-state index is -0.355. The van der Waals surface area contributed by atoms with E-state index in [-0.39, 0.29) is 11.8 Å². The van der Waals surface area contributed by atoms with Gasteiger partial charge in [0.2, 0.25) is 0 Å². The lowest BCUT2D eigenvalue weighted by atomic mass is 10.2. The largest absolute Gasteiger partial charge is 0.376 e. The molecule has 70 valence electrons. The smallest absolute Gasteiger partial charge is 0.345 e. The van der Waals surface area contributed by atoms with Crippen LogP contribution in [0, 0.1) is 0 Å². The molecule has 0 aromatic carbocycles. The maximum absolute atomic E-state index is 10.9. The van der Waals surface area contributed by atoms with E-state index in [4.69, 9.17) is 9.47 Å². The van der Waals surface area contributed by atoms with Crippen molar-refractivity contribution in [2.24, 2.45) is 0 Å². The quantitative estimate of drug-likeness (QED) is 0.656. The maximum Gasteiger partial charge on any atom is 0.345 e. The molecule has 1 saturated heterocycles. The fraction of sp³-hybridized carbons (Fsp3) is 0.500. The molecular weight excluding hydrogens is 172 g/mol. The number of rotatable bonds is 1. The van der Waals surface area contributed by atoms with E-state index in [9.17, 15) is 4.79 Å². The number of ether oxygens (including phenoxy) is 2. The van der Waals surface area contributed by atoms with Crippen molar-refractivity contribution >= 4 is 0 Å². The lowest BCUT2D eigenvalue weighted by Gasteiger charge is -2.22. The summed E-state index contributed by atoms with van der Waals surface area (Å²) >= 11 is 0. The van der Waals surface area contributed by atoms with Crippen LogP contribution in [0.5, 0.6) is 0 Å². The standard InChI is InChI=1S/C8H10N2O3/c11-8-9-2-1-6(10-8)7-5-12-3-4-13-7/h1-2,7H,3-5H2,(H,9,10,11). The summed E-state index contributed by atoms with van der Waals surface area (Å²) < 4.78 is 10.6. The van der Waals surface area contributed by atoms with Gasteiger partial charge in [0.15, 0.2) is 0 Å². The third kappa shape index (κ3) is 1.93. The third-order valence-electron chi connectivity index (χ3n) is 1.86. The Labute approximate surface area is 74.7 Å². The van der Waals surface area contributed by atoms with Gasteiger partial charge < -0.3 is 14.5 Å². The molecule has 0 aliphatic carbocycles. The average Bonchev–Trinajstić information content (AvgIpc) is 2.19. The molecule has 1 aliphatic rings. The number of aromatic amines is 1. The van der Waals surface area contributed by atoms with Crippen molar-refractivity contribution in [2.45, 2.75) is 6.10 Å². The summed E-state index contributed by atoms with van der Waals surface area (Å²) in [4.78, 5) is 17.0. The molecule has 1 aliphatic heterocycles. The summed E-state index contributed by atoms with van der Waals surface area (Å²) in [6.07, 6.45) is 1.30. The van der Waals surface area contributed by atoms with Crippen LogP contribution >= 0.6 is 0 Å². The molecule has 1 N–H and O–H groups in total. The Balaban J connectivity index is 2.19. The van der Waals surface area contributed by atoms with Crippen molar-refractivity contribution in [3.05, 3.63) is 28.4 Å². The first kappa shape index (κ1) is 8.40. The van der Waals surface area contributed by atoms with E-state index in [0.717, 1.165) is 5.69 Å². The van der Waals surface area contributed by atoms with E-state index in [0.29, 0.717) is 19.8 Å². The van der Waals surface area contributed by atoms with Crippen LogP contribution in [0.15, 0.2) is 17.1 Å². The fourth-order valence-corrected chi connectivity index (χ4v) is 1.24. The fourth-order valence-electron chi connectivity index (χ4n) is 1.24. The maximum atomic E-state index is 10.9. The zero-order valence-corrected chi connectivity index (χ0v) is 7.03. The Morgan fingerprint density at radius 1 is 1.54 bits per heavy atom. The number of hydrogen-bond donors (Lipinski definition) is 1. The van der Waals surface area contributed by atoms with Crippen LogP contribution in [0.1, 0.15) is 11.8 Å². The Bertz CT molecular complexity index is 330. The second-order valence-corrected chi connectivity index (χ2v) is 2.76. The van der Waals surface area contributed by atoms with E-state index in [2.05, 4.69) is 9.97 Å². The van der Waals surface area contributed by atoms with Gasteiger partial charge in [0.25, 0.3) is 0 Å². The molecule has 0 amide bonds. The third-order valence-corrected chi connectivity index (χ3v) is 1.86. The normalized spacial score (nSPS) is 22.9. The zero-order chi connectivity index (χ0) is 9.10. The Kier molecular flexibility index (Phi) is 2.37. The average molecular weight is 182 g/mol. The molecule has 0 radical (unpaired) electrons. The van der Waals surface area contributed by atoms with Gasteiger partial charge in [-0.15, -0.1) is 0 Å². The van der Waals surface area contributed by atoms with E-state index >= 15 is 0 Å². The van der Waals surface area contributed by atoms with Gasteiger partial charge in [-0.3, -0.25) is 0 Å². The number of nitrogens with zero attached hydrogens (tertiary/aromatic N) is 1. The van der Waals surface area contributed by atoms with Crippen LogP contribution < -0.4 is 5.69 Å². The highest BCUT2D eigenvalue weighted by Crippen LogP contribution is 2.16. The summed E-state index contributed by atoms with van der Waals surface area (Å²) in [5.41, 5.74) is 0.367. The SMILES string of the molecule is O=c1nccc(C2COCCO2)[nH]1. The van der Waals surface area contributed by atoms with Crippen molar-refractivity contribution in [2.75, 3.05) is 19.8 Å². The van der Waals surface area contributed by atoms with Gasteiger partial charge in [0, 0.05) is 6.20 Å². The summed E-state index contributed by atoms with van der Waals surface area (Å²) in [6, 6.07) is 1.72. The first-order chi connectivity index (χ1) is 6.36. The lowest BCUT2D eigenvalue weighted by molar-refractivity contribution is -0.0918. The van der Waals surface area contributed by atoms with Crippen LogP contribution in [0.2, 0.25) is 0 Å². The Morgan fingerprint density at radius 2 is 2.46 bits per heavy atom. The molecule has 1 fully saturated rings. The molecule has 2 heterocycles.